The molecule has 3 N–H and O–H groups in total. The van der Waals surface area contributed by atoms with Gasteiger partial charge in [-0.2, -0.15) is 0 Å². The van der Waals surface area contributed by atoms with E-state index < -0.39 is 5.91 Å². The van der Waals surface area contributed by atoms with E-state index >= 15 is 0 Å². The number of carbonyl (C=O) groups excluding carboxylic acids is 2. The smallest absolute Gasteiger partial charge is 0.257 e. The van der Waals surface area contributed by atoms with Crippen molar-refractivity contribution in [1.82, 2.24) is 5.32 Å². The van der Waals surface area contributed by atoms with Crippen LogP contribution in [0.15, 0.2) is 36.4 Å². The first-order valence-corrected chi connectivity index (χ1v) is 8.58. The maximum atomic E-state index is 12.5. The summed E-state index contributed by atoms with van der Waals surface area (Å²) in [6.45, 7) is 1.43. The lowest BCUT2D eigenvalue weighted by atomic mass is 10.1. The van der Waals surface area contributed by atoms with Crippen LogP contribution in [0.25, 0.3) is 0 Å². The van der Waals surface area contributed by atoms with Crippen molar-refractivity contribution in [3.63, 3.8) is 0 Å². The summed E-state index contributed by atoms with van der Waals surface area (Å²) in [6, 6.07) is 9.94. The average Bonchev–Trinajstić information content (AvgIpc) is 2.67. The quantitative estimate of drug-likeness (QED) is 0.638. The molecule has 0 aliphatic heterocycles. The third kappa shape index (κ3) is 5.34. The topological polar surface area (TPSA) is 97.9 Å². The Hall–Kier alpha value is -3.33. The van der Waals surface area contributed by atoms with Gasteiger partial charge in [0.1, 0.15) is 0 Å². The molecule has 0 aliphatic carbocycles. The summed E-state index contributed by atoms with van der Waals surface area (Å²) in [5, 5.41) is 8.28. The third-order valence-electron chi connectivity index (χ3n) is 3.62. The van der Waals surface area contributed by atoms with Crippen LogP contribution >= 0.6 is 12.2 Å². The molecule has 2 aromatic rings. The first-order chi connectivity index (χ1) is 13.4. The molecule has 0 bridgehead atoms. The Morgan fingerprint density at radius 3 is 1.79 bits per heavy atom. The van der Waals surface area contributed by atoms with Gasteiger partial charge in [-0.3, -0.25) is 14.9 Å². The predicted octanol–water partition coefficient (Wildman–Crippen LogP) is 2.80. The molecule has 0 spiro atoms. The Morgan fingerprint density at radius 1 is 0.857 bits per heavy atom. The molecular weight excluding hydrogens is 382 g/mol. The fraction of sp³-hybridized carbons (Fsp3) is 0.211. The Kier molecular flexibility index (Phi) is 7.16. The zero-order chi connectivity index (χ0) is 20.7. The second kappa shape index (κ2) is 9.56. The predicted molar refractivity (Wildman–Crippen MR) is 111 cm³/mol. The number of hydrogen-bond donors (Lipinski definition) is 3. The van der Waals surface area contributed by atoms with E-state index in [0.29, 0.717) is 34.2 Å². The van der Waals surface area contributed by atoms with Gasteiger partial charge in [0.2, 0.25) is 11.7 Å². The minimum Gasteiger partial charge on any atom is -0.493 e. The van der Waals surface area contributed by atoms with Crippen LogP contribution in [-0.4, -0.2) is 38.3 Å². The van der Waals surface area contributed by atoms with E-state index in [0.717, 1.165) is 0 Å². The van der Waals surface area contributed by atoms with Crippen LogP contribution < -0.4 is 30.2 Å². The van der Waals surface area contributed by atoms with Crippen LogP contribution in [0.4, 0.5) is 11.4 Å². The Balaban J connectivity index is 2.08. The summed E-state index contributed by atoms with van der Waals surface area (Å²) in [4.78, 5) is 23.6. The Morgan fingerprint density at radius 2 is 1.36 bits per heavy atom. The summed E-state index contributed by atoms with van der Waals surface area (Å²) >= 11 is 5.19. The van der Waals surface area contributed by atoms with E-state index in [1.807, 2.05) is 0 Å². The number of benzene rings is 2. The fourth-order valence-corrected chi connectivity index (χ4v) is 2.60. The van der Waals surface area contributed by atoms with E-state index in [1.54, 1.807) is 24.3 Å². The summed E-state index contributed by atoms with van der Waals surface area (Å²) in [5.74, 6) is 0.515. The third-order valence-corrected chi connectivity index (χ3v) is 3.82. The molecular formula is C19H21N3O5S. The van der Waals surface area contributed by atoms with Gasteiger partial charge in [0, 0.05) is 23.9 Å². The van der Waals surface area contributed by atoms with Gasteiger partial charge in [-0.25, -0.2) is 0 Å². The number of rotatable bonds is 6. The van der Waals surface area contributed by atoms with Gasteiger partial charge in [0.25, 0.3) is 5.91 Å². The highest BCUT2D eigenvalue weighted by Gasteiger charge is 2.17. The summed E-state index contributed by atoms with van der Waals surface area (Å²) in [5.41, 5.74) is 1.61. The van der Waals surface area contributed by atoms with Crippen molar-refractivity contribution in [1.29, 1.82) is 0 Å². The maximum absolute atomic E-state index is 12.5. The molecule has 0 fully saturated rings. The van der Waals surface area contributed by atoms with Crippen molar-refractivity contribution in [3.8, 4) is 17.2 Å². The first kappa shape index (κ1) is 21.0. The van der Waals surface area contributed by atoms with Gasteiger partial charge < -0.3 is 24.8 Å². The molecule has 0 saturated heterocycles. The molecule has 0 unspecified atom stereocenters. The zero-order valence-corrected chi connectivity index (χ0v) is 16.7. The number of ether oxygens (including phenoxy) is 3. The number of thiocarbonyl (C=S) groups is 1. The van der Waals surface area contributed by atoms with Crippen LogP contribution in [0.1, 0.15) is 17.3 Å². The lowest BCUT2D eigenvalue weighted by Gasteiger charge is -2.14. The number of anilines is 2. The number of hydrogen-bond acceptors (Lipinski definition) is 6. The fourth-order valence-electron chi connectivity index (χ4n) is 2.39. The van der Waals surface area contributed by atoms with Gasteiger partial charge in [-0.15, -0.1) is 0 Å². The highest BCUT2D eigenvalue weighted by molar-refractivity contribution is 7.80. The highest BCUT2D eigenvalue weighted by Crippen LogP contribution is 2.38. The number of carbonyl (C=O) groups is 2. The molecule has 0 aliphatic rings. The number of methoxy groups -OCH3 is 3. The van der Waals surface area contributed by atoms with Crippen molar-refractivity contribution >= 4 is 40.5 Å². The summed E-state index contributed by atoms with van der Waals surface area (Å²) in [6.07, 6.45) is 0. The first-order valence-electron chi connectivity index (χ1n) is 8.18. The molecule has 0 heterocycles. The molecule has 2 rings (SSSR count). The van der Waals surface area contributed by atoms with Crippen LogP contribution in [0, 0.1) is 0 Å². The van der Waals surface area contributed by atoms with E-state index in [9.17, 15) is 9.59 Å². The molecule has 2 amide bonds. The van der Waals surface area contributed by atoms with Gasteiger partial charge >= 0.3 is 0 Å². The van der Waals surface area contributed by atoms with Crippen molar-refractivity contribution in [3.05, 3.63) is 42.0 Å². The van der Waals surface area contributed by atoms with Crippen LogP contribution in [0.3, 0.4) is 0 Å². The van der Waals surface area contributed by atoms with Gasteiger partial charge in [0.05, 0.1) is 21.3 Å². The van der Waals surface area contributed by atoms with Crippen LogP contribution in [0.2, 0.25) is 0 Å². The standard InChI is InChI=1S/C19H21N3O5S/c1-11(23)20-13-5-7-14(8-6-13)21-19(28)22-18(24)12-9-15(25-2)17(27-4)16(10-12)26-3/h5-10H,1-4H3,(H,20,23)(H2,21,22,24,28). The van der Waals surface area contributed by atoms with E-state index in [1.165, 1.54) is 40.4 Å². The zero-order valence-electron chi connectivity index (χ0n) is 15.9. The van der Waals surface area contributed by atoms with Crippen molar-refractivity contribution in [2.75, 3.05) is 32.0 Å². The van der Waals surface area contributed by atoms with Crippen molar-refractivity contribution < 1.29 is 23.8 Å². The Labute approximate surface area is 168 Å². The summed E-state index contributed by atoms with van der Waals surface area (Å²) in [7, 11) is 4.42. The minimum atomic E-state index is -0.438. The second-order valence-electron chi connectivity index (χ2n) is 5.58. The van der Waals surface area contributed by atoms with E-state index in [4.69, 9.17) is 26.4 Å². The monoisotopic (exact) mass is 403 g/mol. The van der Waals surface area contributed by atoms with Gasteiger partial charge in [-0.1, -0.05) is 0 Å². The molecule has 2 aromatic carbocycles. The SMILES string of the molecule is COc1cc(C(=O)NC(=S)Nc2ccc(NC(C)=O)cc2)cc(OC)c1OC. The lowest BCUT2D eigenvalue weighted by Crippen LogP contribution is -2.34. The second-order valence-corrected chi connectivity index (χ2v) is 5.99. The molecule has 0 aromatic heterocycles. The molecule has 0 atom stereocenters. The molecule has 8 nitrogen and oxygen atoms in total. The van der Waals surface area contributed by atoms with Gasteiger partial charge in [-0.05, 0) is 48.6 Å². The molecule has 148 valence electrons. The maximum Gasteiger partial charge on any atom is 0.257 e. The van der Waals surface area contributed by atoms with Crippen molar-refractivity contribution in [2.45, 2.75) is 6.92 Å². The Bertz CT molecular complexity index is 859. The largest absolute Gasteiger partial charge is 0.493 e. The number of amides is 2. The minimum absolute atomic E-state index is 0.117. The van der Waals surface area contributed by atoms with E-state index in [-0.39, 0.29) is 11.0 Å². The highest BCUT2D eigenvalue weighted by atomic mass is 32.1. The van der Waals surface area contributed by atoms with Crippen LogP contribution in [-0.2, 0) is 4.79 Å². The molecule has 9 heteroatoms. The van der Waals surface area contributed by atoms with E-state index in [2.05, 4.69) is 16.0 Å². The lowest BCUT2D eigenvalue weighted by molar-refractivity contribution is -0.114. The average molecular weight is 403 g/mol. The number of nitrogens with one attached hydrogen (secondary N) is 3. The van der Waals surface area contributed by atoms with Crippen molar-refractivity contribution in [2.24, 2.45) is 0 Å². The van der Waals surface area contributed by atoms with Crippen LogP contribution in [0.5, 0.6) is 17.2 Å². The summed E-state index contributed by atoms with van der Waals surface area (Å²) < 4.78 is 15.7. The molecule has 0 radical (unpaired) electrons. The van der Waals surface area contributed by atoms with Gasteiger partial charge in [0.15, 0.2) is 16.6 Å². The normalized spacial score (nSPS) is 9.86. The molecule has 28 heavy (non-hydrogen) atoms. The molecule has 0 saturated carbocycles.